The lowest BCUT2D eigenvalue weighted by atomic mass is 10.1. The number of hydrogen-bond acceptors (Lipinski definition) is 4. The van der Waals surface area contributed by atoms with Crippen LogP contribution in [0.3, 0.4) is 0 Å². The molecule has 4 heteroatoms. The molecule has 1 fully saturated rings. The van der Waals surface area contributed by atoms with Crippen LogP contribution in [-0.2, 0) is 4.74 Å². The minimum atomic E-state index is 0.339. The van der Waals surface area contributed by atoms with Gasteiger partial charge in [0.2, 0.25) is 0 Å². The highest BCUT2D eigenvalue weighted by Crippen LogP contribution is 2.22. The van der Waals surface area contributed by atoms with Crippen molar-refractivity contribution in [3.8, 4) is 0 Å². The van der Waals surface area contributed by atoms with Crippen molar-refractivity contribution in [1.29, 1.82) is 0 Å². The quantitative estimate of drug-likeness (QED) is 0.885. The van der Waals surface area contributed by atoms with Crippen molar-refractivity contribution >= 4 is 5.82 Å². The van der Waals surface area contributed by atoms with Crippen LogP contribution in [0, 0.1) is 0 Å². The van der Waals surface area contributed by atoms with Crippen molar-refractivity contribution < 1.29 is 4.74 Å². The summed E-state index contributed by atoms with van der Waals surface area (Å²) in [6.07, 6.45) is 4.56. The molecule has 100 valence electrons. The molecular weight excluding hydrogens is 226 g/mol. The summed E-state index contributed by atoms with van der Waals surface area (Å²) in [6, 6.07) is 4.61. The summed E-state index contributed by atoms with van der Waals surface area (Å²) in [5, 5.41) is 3.26. The van der Waals surface area contributed by atoms with E-state index in [-0.39, 0.29) is 0 Å². The molecule has 1 N–H and O–H groups in total. The number of rotatable bonds is 4. The van der Waals surface area contributed by atoms with Crippen LogP contribution in [0.4, 0.5) is 5.82 Å². The third-order valence-electron chi connectivity index (χ3n) is 3.74. The van der Waals surface area contributed by atoms with Crippen LogP contribution >= 0.6 is 0 Å². The molecule has 1 aromatic rings. The van der Waals surface area contributed by atoms with Crippen LogP contribution in [0.15, 0.2) is 18.3 Å². The Labute approximate surface area is 109 Å². The average Bonchev–Trinajstić information content (AvgIpc) is 2.46. The number of piperidine rings is 1. The Bertz CT molecular complexity index is 383. The maximum Gasteiger partial charge on any atom is 0.128 e. The largest absolute Gasteiger partial charge is 0.380 e. The third kappa shape index (κ3) is 3.00. The van der Waals surface area contributed by atoms with E-state index in [1.54, 1.807) is 7.11 Å². The predicted octanol–water partition coefficient (Wildman–Crippen LogP) is 1.98. The Morgan fingerprint density at radius 1 is 1.56 bits per heavy atom. The number of anilines is 1. The number of nitrogens with one attached hydrogen (secondary N) is 1. The van der Waals surface area contributed by atoms with Gasteiger partial charge in [0.15, 0.2) is 0 Å². The maximum absolute atomic E-state index is 5.46. The van der Waals surface area contributed by atoms with Crippen LogP contribution in [0.1, 0.15) is 31.4 Å². The van der Waals surface area contributed by atoms with Crippen LogP contribution in [-0.4, -0.2) is 38.3 Å². The molecule has 0 radical (unpaired) electrons. The summed E-state index contributed by atoms with van der Waals surface area (Å²) < 4.78 is 5.46. The van der Waals surface area contributed by atoms with E-state index in [0.717, 1.165) is 25.3 Å². The summed E-state index contributed by atoms with van der Waals surface area (Å²) >= 11 is 0. The summed E-state index contributed by atoms with van der Waals surface area (Å²) in [5.41, 5.74) is 1.28. The Hall–Kier alpha value is -1.13. The first-order chi connectivity index (χ1) is 8.74. The highest BCUT2D eigenvalue weighted by Gasteiger charge is 2.20. The van der Waals surface area contributed by atoms with Gasteiger partial charge in [-0.05, 0) is 44.5 Å². The summed E-state index contributed by atoms with van der Waals surface area (Å²) in [7, 11) is 3.77. The first-order valence-electron chi connectivity index (χ1n) is 6.65. The first-order valence-corrected chi connectivity index (χ1v) is 6.65. The Kier molecular flexibility index (Phi) is 4.55. The lowest BCUT2D eigenvalue weighted by Crippen LogP contribution is -2.39. The van der Waals surface area contributed by atoms with Gasteiger partial charge in [-0.1, -0.05) is 0 Å². The van der Waals surface area contributed by atoms with Crippen molar-refractivity contribution in [3.63, 3.8) is 0 Å². The fraction of sp³-hybridized carbons (Fsp3) is 0.643. The number of hydrogen-bond donors (Lipinski definition) is 1. The van der Waals surface area contributed by atoms with Gasteiger partial charge < -0.3 is 15.0 Å². The Morgan fingerprint density at radius 2 is 2.39 bits per heavy atom. The smallest absolute Gasteiger partial charge is 0.128 e. The van der Waals surface area contributed by atoms with Gasteiger partial charge in [0.1, 0.15) is 5.82 Å². The van der Waals surface area contributed by atoms with E-state index in [9.17, 15) is 0 Å². The predicted molar refractivity (Wildman–Crippen MR) is 74.0 cm³/mol. The fourth-order valence-corrected chi connectivity index (χ4v) is 2.38. The Balaban J connectivity index is 2.12. The third-order valence-corrected chi connectivity index (χ3v) is 3.74. The molecule has 2 atom stereocenters. The maximum atomic E-state index is 5.46. The SMILES string of the molecule is CNC(C)c1ccnc(N2CCCC(OC)C2)c1. The second-order valence-electron chi connectivity index (χ2n) is 4.90. The second kappa shape index (κ2) is 6.16. The molecule has 1 aliphatic rings. The van der Waals surface area contributed by atoms with Gasteiger partial charge in [-0.2, -0.15) is 0 Å². The van der Waals surface area contributed by atoms with E-state index >= 15 is 0 Å². The van der Waals surface area contributed by atoms with Gasteiger partial charge >= 0.3 is 0 Å². The highest BCUT2D eigenvalue weighted by molar-refractivity contribution is 5.42. The lowest BCUT2D eigenvalue weighted by Gasteiger charge is -2.33. The van der Waals surface area contributed by atoms with Crippen molar-refractivity contribution in [1.82, 2.24) is 10.3 Å². The van der Waals surface area contributed by atoms with Crippen LogP contribution in [0.25, 0.3) is 0 Å². The molecule has 0 bridgehead atoms. The standard InChI is InChI=1S/C14H23N3O/c1-11(15-2)12-6-7-16-14(9-12)17-8-4-5-13(10-17)18-3/h6-7,9,11,13,15H,4-5,8,10H2,1-3H3. The summed E-state index contributed by atoms with van der Waals surface area (Å²) in [4.78, 5) is 6.81. The topological polar surface area (TPSA) is 37.4 Å². The normalized spacial score (nSPS) is 21.9. The highest BCUT2D eigenvalue weighted by atomic mass is 16.5. The number of nitrogens with zero attached hydrogens (tertiary/aromatic N) is 2. The molecule has 4 nitrogen and oxygen atoms in total. The van der Waals surface area contributed by atoms with Gasteiger partial charge in [-0.25, -0.2) is 4.98 Å². The molecule has 1 aromatic heterocycles. The number of pyridine rings is 1. The minimum Gasteiger partial charge on any atom is -0.380 e. The molecule has 0 saturated carbocycles. The molecule has 1 saturated heterocycles. The number of aromatic nitrogens is 1. The monoisotopic (exact) mass is 249 g/mol. The summed E-state index contributed by atoms with van der Waals surface area (Å²) in [5.74, 6) is 1.07. The minimum absolute atomic E-state index is 0.339. The molecule has 0 amide bonds. The van der Waals surface area contributed by atoms with Gasteiger partial charge in [0, 0.05) is 32.4 Å². The zero-order valence-corrected chi connectivity index (χ0v) is 11.5. The zero-order chi connectivity index (χ0) is 13.0. The number of ether oxygens (including phenoxy) is 1. The Morgan fingerprint density at radius 3 is 3.11 bits per heavy atom. The van der Waals surface area contributed by atoms with Crippen molar-refractivity contribution in [3.05, 3.63) is 23.9 Å². The van der Waals surface area contributed by atoms with E-state index < -0.39 is 0 Å². The molecule has 18 heavy (non-hydrogen) atoms. The molecule has 0 spiro atoms. The molecule has 0 aromatic carbocycles. The van der Waals surface area contributed by atoms with Crippen LogP contribution in [0.2, 0.25) is 0 Å². The molecular formula is C14H23N3O. The van der Waals surface area contributed by atoms with Crippen LogP contribution < -0.4 is 10.2 Å². The van der Waals surface area contributed by atoms with Crippen molar-refractivity contribution in [2.24, 2.45) is 0 Å². The van der Waals surface area contributed by atoms with Gasteiger partial charge in [0.25, 0.3) is 0 Å². The van der Waals surface area contributed by atoms with E-state index in [0.29, 0.717) is 12.1 Å². The van der Waals surface area contributed by atoms with E-state index in [1.165, 1.54) is 12.0 Å². The van der Waals surface area contributed by atoms with Crippen LogP contribution in [0.5, 0.6) is 0 Å². The van der Waals surface area contributed by atoms with Crippen molar-refractivity contribution in [2.45, 2.75) is 31.9 Å². The molecule has 2 rings (SSSR count). The molecule has 0 aliphatic carbocycles. The number of methoxy groups -OCH3 is 1. The van der Waals surface area contributed by atoms with Gasteiger partial charge in [0.05, 0.1) is 6.10 Å². The first kappa shape index (κ1) is 13.3. The molecule has 2 unspecified atom stereocenters. The summed E-state index contributed by atoms with van der Waals surface area (Å²) in [6.45, 7) is 4.18. The lowest BCUT2D eigenvalue weighted by molar-refractivity contribution is 0.0891. The fourth-order valence-electron chi connectivity index (χ4n) is 2.38. The van der Waals surface area contributed by atoms with Crippen molar-refractivity contribution in [2.75, 3.05) is 32.1 Å². The van der Waals surface area contributed by atoms with E-state index in [1.807, 2.05) is 13.2 Å². The zero-order valence-electron chi connectivity index (χ0n) is 11.5. The van der Waals surface area contributed by atoms with E-state index in [2.05, 4.69) is 34.3 Å². The van der Waals surface area contributed by atoms with Gasteiger partial charge in [-0.3, -0.25) is 0 Å². The van der Waals surface area contributed by atoms with E-state index in [4.69, 9.17) is 4.74 Å². The second-order valence-corrected chi connectivity index (χ2v) is 4.90. The molecule has 2 heterocycles. The average molecular weight is 249 g/mol. The van der Waals surface area contributed by atoms with Gasteiger partial charge in [-0.15, -0.1) is 0 Å². The molecule has 1 aliphatic heterocycles.